The monoisotopic (exact) mass is 237 g/mol. The van der Waals surface area contributed by atoms with E-state index in [1.807, 2.05) is 0 Å². The van der Waals surface area contributed by atoms with Crippen molar-refractivity contribution in [2.24, 2.45) is 10.7 Å². The van der Waals surface area contributed by atoms with Crippen molar-refractivity contribution >= 4 is 6.21 Å². The number of nitrogens with one attached hydrogen (secondary N) is 1. The van der Waals surface area contributed by atoms with E-state index in [1.165, 1.54) is 12.1 Å². The van der Waals surface area contributed by atoms with Crippen molar-refractivity contribution in [2.45, 2.75) is 6.54 Å². The summed E-state index contributed by atoms with van der Waals surface area (Å²) in [6.45, 7) is 1.52. The zero-order chi connectivity index (χ0) is 12.3. The molecule has 90 valence electrons. The molecule has 5 heteroatoms. The predicted molar refractivity (Wildman–Crippen MR) is 62.6 cm³/mol. The Kier molecular flexibility index (Phi) is 3.49. The first-order valence-corrected chi connectivity index (χ1v) is 5.29. The van der Waals surface area contributed by atoms with E-state index in [0.717, 1.165) is 17.3 Å². The van der Waals surface area contributed by atoms with Crippen LogP contribution in [0.15, 0.2) is 34.5 Å². The second kappa shape index (κ2) is 5.05. The molecule has 0 aromatic heterocycles. The predicted octanol–water partition coefficient (Wildman–Crippen LogP) is 1.35. The van der Waals surface area contributed by atoms with Crippen LogP contribution in [0, 0.1) is 11.6 Å². The molecule has 0 aliphatic carbocycles. The Labute approximate surface area is 98.0 Å². The van der Waals surface area contributed by atoms with Gasteiger partial charge in [0.1, 0.15) is 11.6 Å². The Morgan fingerprint density at radius 1 is 1.35 bits per heavy atom. The summed E-state index contributed by atoms with van der Waals surface area (Å²) in [5, 5.41) is 3.08. The van der Waals surface area contributed by atoms with Crippen LogP contribution in [-0.4, -0.2) is 19.3 Å². The Balaban J connectivity index is 2.02. The van der Waals surface area contributed by atoms with Gasteiger partial charge in [-0.2, -0.15) is 0 Å². The van der Waals surface area contributed by atoms with Crippen LogP contribution in [0.5, 0.6) is 0 Å². The second-order valence-corrected chi connectivity index (χ2v) is 3.86. The molecule has 0 amide bonds. The van der Waals surface area contributed by atoms with Gasteiger partial charge in [0.2, 0.25) is 0 Å². The van der Waals surface area contributed by atoms with Crippen LogP contribution < -0.4 is 11.1 Å². The number of rotatable bonds is 3. The average Bonchev–Trinajstić information content (AvgIpc) is 2.68. The smallest absolute Gasteiger partial charge is 0.131 e. The molecule has 1 heterocycles. The van der Waals surface area contributed by atoms with Gasteiger partial charge in [0.05, 0.1) is 6.54 Å². The minimum Gasteiger partial charge on any atom is -0.401 e. The molecule has 3 nitrogen and oxygen atoms in total. The van der Waals surface area contributed by atoms with Crippen molar-refractivity contribution in [3.05, 3.63) is 46.7 Å². The Bertz CT molecular complexity index is 481. The molecule has 0 saturated carbocycles. The van der Waals surface area contributed by atoms with Crippen molar-refractivity contribution in [3.63, 3.8) is 0 Å². The maximum atomic E-state index is 13.3. The molecular formula is C12H13F2N3. The third kappa shape index (κ3) is 2.88. The van der Waals surface area contributed by atoms with Crippen LogP contribution in [0.3, 0.4) is 0 Å². The molecule has 0 atom stereocenters. The topological polar surface area (TPSA) is 50.4 Å². The van der Waals surface area contributed by atoms with Crippen LogP contribution in [0.1, 0.15) is 5.56 Å². The van der Waals surface area contributed by atoms with Gasteiger partial charge in [-0.1, -0.05) is 6.07 Å². The van der Waals surface area contributed by atoms with Gasteiger partial charge in [0, 0.05) is 42.2 Å². The molecule has 0 spiro atoms. The van der Waals surface area contributed by atoms with Crippen LogP contribution in [0.2, 0.25) is 0 Å². The van der Waals surface area contributed by atoms with E-state index in [1.54, 1.807) is 6.21 Å². The van der Waals surface area contributed by atoms with E-state index in [0.29, 0.717) is 18.7 Å². The number of hydrogen-bond acceptors (Lipinski definition) is 3. The zero-order valence-electron chi connectivity index (χ0n) is 9.21. The van der Waals surface area contributed by atoms with Gasteiger partial charge in [-0.15, -0.1) is 0 Å². The summed E-state index contributed by atoms with van der Waals surface area (Å²) in [5.41, 5.74) is 7.76. The molecular weight excluding hydrogens is 224 g/mol. The average molecular weight is 237 g/mol. The van der Waals surface area contributed by atoms with Gasteiger partial charge < -0.3 is 11.1 Å². The van der Waals surface area contributed by atoms with E-state index in [9.17, 15) is 8.78 Å². The number of halogens is 2. The molecule has 1 aliphatic heterocycles. The highest BCUT2D eigenvalue weighted by Crippen LogP contribution is 2.10. The van der Waals surface area contributed by atoms with E-state index in [-0.39, 0.29) is 6.54 Å². The maximum Gasteiger partial charge on any atom is 0.131 e. The normalized spacial score (nSPS) is 16.1. The third-order valence-corrected chi connectivity index (χ3v) is 2.57. The van der Waals surface area contributed by atoms with E-state index in [4.69, 9.17) is 5.73 Å². The SMILES string of the molecule is NC1=C(C=NCc2ccc(F)cc2F)CNC1. The molecule has 1 aromatic carbocycles. The lowest BCUT2D eigenvalue weighted by Gasteiger charge is -1.99. The lowest BCUT2D eigenvalue weighted by molar-refractivity contribution is 0.573. The first-order valence-electron chi connectivity index (χ1n) is 5.29. The Morgan fingerprint density at radius 3 is 2.82 bits per heavy atom. The van der Waals surface area contributed by atoms with Crippen LogP contribution in [0.25, 0.3) is 0 Å². The second-order valence-electron chi connectivity index (χ2n) is 3.86. The standard InChI is InChI=1S/C12H13F2N3/c13-10-2-1-8(11(14)3-10)4-16-5-9-6-17-7-12(9)15/h1-3,5,17H,4,6-7,15H2. The summed E-state index contributed by atoms with van der Waals surface area (Å²) in [6.07, 6.45) is 1.64. The Morgan fingerprint density at radius 2 is 2.18 bits per heavy atom. The molecule has 0 saturated heterocycles. The van der Waals surface area contributed by atoms with E-state index >= 15 is 0 Å². The molecule has 0 bridgehead atoms. The first-order chi connectivity index (χ1) is 8.16. The first kappa shape index (κ1) is 11.7. The summed E-state index contributed by atoms with van der Waals surface area (Å²) >= 11 is 0. The van der Waals surface area contributed by atoms with Gasteiger partial charge in [-0.3, -0.25) is 4.99 Å². The fourth-order valence-electron chi connectivity index (χ4n) is 1.59. The summed E-state index contributed by atoms with van der Waals surface area (Å²) < 4.78 is 25.9. The lowest BCUT2D eigenvalue weighted by atomic mass is 10.2. The third-order valence-electron chi connectivity index (χ3n) is 2.57. The molecule has 17 heavy (non-hydrogen) atoms. The molecule has 2 rings (SSSR count). The minimum atomic E-state index is -0.581. The highest BCUT2D eigenvalue weighted by Gasteiger charge is 2.08. The van der Waals surface area contributed by atoms with Gasteiger partial charge in [-0.05, 0) is 6.07 Å². The number of aliphatic imine (C=N–C) groups is 1. The fraction of sp³-hybridized carbons (Fsp3) is 0.250. The van der Waals surface area contributed by atoms with Crippen molar-refractivity contribution in [3.8, 4) is 0 Å². The van der Waals surface area contributed by atoms with Crippen molar-refractivity contribution in [2.75, 3.05) is 13.1 Å². The highest BCUT2D eigenvalue weighted by atomic mass is 19.1. The number of nitrogens with zero attached hydrogens (tertiary/aromatic N) is 1. The molecule has 1 aromatic rings. The quantitative estimate of drug-likeness (QED) is 0.780. The molecule has 1 aliphatic rings. The van der Waals surface area contributed by atoms with Gasteiger partial charge in [0.15, 0.2) is 0 Å². The largest absolute Gasteiger partial charge is 0.401 e. The number of benzene rings is 1. The Hall–Kier alpha value is -1.75. The molecule has 3 N–H and O–H groups in total. The van der Waals surface area contributed by atoms with Crippen molar-refractivity contribution in [1.82, 2.24) is 5.32 Å². The highest BCUT2D eigenvalue weighted by molar-refractivity contribution is 5.81. The maximum absolute atomic E-state index is 13.3. The van der Waals surface area contributed by atoms with E-state index < -0.39 is 11.6 Å². The summed E-state index contributed by atoms with van der Waals surface area (Å²) in [6, 6.07) is 3.47. The van der Waals surface area contributed by atoms with Crippen LogP contribution in [0.4, 0.5) is 8.78 Å². The zero-order valence-corrected chi connectivity index (χ0v) is 9.21. The van der Waals surface area contributed by atoms with Gasteiger partial charge >= 0.3 is 0 Å². The molecule has 0 unspecified atom stereocenters. The lowest BCUT2D eigenvalue weighted by Crippen LogP contribution is -2.11. The summed E-state index contributed by atoms with van der Waals surface area (Å²) in [7, 11) is 0. The summed E-state index contributed by atoms with van der Waals surface area (Å²) in [5.74, 6) is -1.16. The van der Waals surface area contributed by atoms with Gasteiger partial charge in [0.25, 0.3) is 0 Å². The number of hydrogen-bond donors (Lipinski definition) is 2. The van der Waals surface area contributed by atoms with Crippen LogP contribution in [-0.2, 0) is 6.54 Å². The van der Waals surface area contributed by atoms with E-state index in [2.05, 4.69) is 10.3 Å². The van der Waals surface area contributed by atoms with Crippen molar-refractivity contribution in [1.29, 1.82) is 0 Å². The molecule has 0 radical (unpaired) electrons. The fourth-order valence-corrected chi connectivity index (χ4v) is 1.59. The minimum absolute atomic E-state index is 0.183. The van der Waals surface area contributed by atoms with Crippen LogP contribution >= 0.6 is 0 Å². The molecule has 0 fully saturated rings. The van der Waals surface area contributed by atoms with Gasteiger partial charge in [-0.25, -0.2) is 8.78 Å². The summed E-state index contributed by atoms with van der Waals surface area (Å²) in [4.78, 5) is 4.10. The van der Waals surface area contributed by atoms with Crippen molar-refractivity contribution < 1.29 is 8.78 Å². The number of nitrogens with two attached hydrogens (primary N) is 1.